The second-order valence-corrected chi connectivity index (χ2v) is 6.41. The molecule has 0 amide bonds. The van der Waals surface area contributed by atoms with Crippen LogP contribution in [0, 0.1) is 0 Å². The molecule has 1 aromatic carbocycles. The summed E-state index contributed by atoms with van der Waals surface area (Å²) in [7, 11) is 4.08. The minimum Gasteiger partial charge on any atom is -0.373 e. The van der Waals surface area contributed by atoms with Crippen molar-refractivity contribution in [3.63, 3.8) is 0 Å². The van der Waals surface area contributed by atoms with Crippen molar-refractivity contribution in [2.45, 2.75) is 18.9 Å². The molecule has 6 nitrogen and oxygen atoms in total. The van der Waals surface area contributed by atoms with Crippen LogP contribution in [-0.4, -0.2) is 45.9 Å². The predicted octanol–water partition coefficient (Wildman–Crippen LogP) is 2.47. The summed E-state index contributed by atoms with van der Waals surface area (Å²) in [5.74, 6) is 1.01. The van der Waals surface area contributed by atoms with Crippen LogP contribution in [0.3, 0.4) is 0 Å². The third-order valence-corrected chi connectivity index (χ3v) is 4.84. The molecule has 3 heterocycles. The average Bonchev–Trinajstić information content (AvgIpc) is 3.23. The van der Waals surface area contributed by atoms with Crippen LogP contribution in [0.5, 0.6) is 0 Å². The van der Waals surface area contributed by atoms with Gasteiger partial charge >= 0.3 is 0 Å². The molecule has 0 saturated carbocycles. The van der Waals surface area contributed by atoms with Gasteiger partial charge in [-0.1, -0.05) is 18.2 Å². The third-order valence-electron chi connectivity index (χ3n) is 4.84. The SMILES string of the molecule is CN(C[C@H]1CCCN1c1ncnc2c1cnn2C)c1ccccc1. The Morgan fingerprint density at radius 2 is 2.04 bits per heavy atom. The molecule has 0 aliphatic carbocycles. The van der Waals surface area contributed by atoms with Crippen LogP contribution in [0.15, 0.2) is 42.9 Å². The van der Waals surface area contributed by atoms with E-state index in [1.807, 2.05) is 17.9 Å². The molecule has 0 radical (unpaired) electrons. The van der Waals surface area contributed by atoms with Crippen LogP contribution in [-0.2, 0) is 7.05 Å². The number of para-hydroxylation sites is 1. The number of nitrogens with zero attached hydrogens (tertiary/aromatic N) is 6. The minimum atomic E-state index is 0.452. The first-order valence-corrected chi connectivity index (χ1v) is 8.39. The standard InChI is InChI=1S/C18H22N6/c1-22(14-7-4-3-5-8-14)12-15-9-6-10-24(15)18-16-11-21-23(2)17(16)19-13-20-18/h3-5,7-8,11,13,15H,6,9-10,12H2,1-2H3/t15-/m1/s1. The minimum absolute atomic E-state index is 0.452. The van der Waals surface area contributed by atoms with Gasteiger partial charge in [-0.2, -0.15) is 5.10 Å². The highest BCUT2D eigenvalue weighted by molar-refractivity contribution is 5.86. The largest absolute Gasteiger partial charge is 0.373 e. The van der Waals surface area contributed by atoms with Crippen LogP contribution < -0.4 is 9.80 Å². The first-order chi connectivity index (χ1) is 11.7. The van der Waals surface area contributed by atoms with Gasteiger partial charge in [0.25, 0.3) is 0 Å². The fourth-order valence-electron chi connectivity index (χ4n) is 3.59. The maximum Gasteiger partial charge on any atom is 0.163 e. The van der Waals surface area contributed by atoms with Crippen LogP contribution in [0.2, 0.25) is 0 Å². The molecule has 1 fully saturated rings. The predicted molar refractivity (Wildman–Crippen MR) is 96.4 cm³/mol. The maximum atomic E-state index is 4.58. The highest BCUT2D eigenvalue weighted by Gasteiger charge is 2.28. The molecule has 124 valence electrons. The molecule has 1 atom stereocenters. The van der Waals surface area contributed by atoms with Crippen LogP contribution in [0.25, 0.3) is 11.0 Å². The summed E-state index contributed by atoms with van der Waals surface area (Å²) in [6.07, 6.45) is 5.90. The lowest BCUT2D eigenvalue weighted by atomic mass is 10.2. The molecule has 24 heavy (non-hydrogen) atoms. The molecule has 1 aliphatic heterocycles. The van der Waals surface area contributed by atoms with E-state index in [0.717, 1.165) is 29.9 Å². The van der Waals surface area contributed by atoms with E-state index in [0.29, 0.717) is 6.04 Å². The average molecular weight is 322 g/mol. The number of fused-ring (bicyclic) bond motifs is 1. The zero-order valence-corrected chi connectivity index (χ0v) is 14.1. The molecule has 1 saturated heterocycles. The molecule has 6 heteroatoms. The van der Waals surface area contributed by atoms with Crippen LogP contribution in [0.4, 0.5) is 11.5 Å². The van der Waals surface area contributed by atoms with E-state index >= 15 is 0 Å². The van der Waals surface area contributed by atoms with Gasteiger partial charge < -0.3 is 9.80 Å². The van der Waals surface area contributed by atoms with Crippen molar-refractivity contribution in [3.05, 3.63) is 42.9 Å². The topological polar surface area (TPSA) is 50.1 Å². The third kappa shape index (κ3) is 2.58. The molecule has 0 spiro atoms. The molecule has 0 bridgehead atoms. The lowest BCUT2D eigenvalue weighted by Crippen LogP contribution is -2.39. The molecular weight excluding hydrogens is 300 g/mol. The Hall–Kier alpha value is -2.63. The van der Waals surface area contributed by atoms with E-state index in [2.05, 4.69) is 62.2 Å². The van der Waals surface area contributed by atoms with E-state index in [1.54, 1.807) is 6.33 Å². The number of rotatable bonds is 4. The van der Waals surface area contributed by atoms with Gasteiger partial charge in [0.1, 0.15) is 12.1 Å². The highest BCUT2D eigenvalue weighted by Crippen LogP contribution is 2.30. The monoisotopic (exact) mass is 322 g/mol. The maximum absolute atomic E-state index is 4.58. The van der Waals surface area contributed by atoms with E-state index in [9.17, 15) is 0 Å². The molecular formula is C18H22N6. The van der Waals surface area contributed by atoms with E-state index in [-0.39, 0.29) is 0 Å². The molecule has 4 rings (SSSR count). The van der Waals surface area contributed by atoms with Crippen molar-refractivity contribution >= 4 is 22.5 Å². The second-order valence-electron chi connectivity index (χ2n) is 6.41. The Labute approximate surface area is 141 Å². The van der Waals surface area contributed by atoms with Crippen molar-refractivity contribution in [1.29, 1.82) is 0 Å². The Bertz CT molecular complexity index is 828. The Balaban J connectivity index is 1.60. The molecule has 1 aliphatic rings. The number of hydrogen-bond acceptors (Lipinski definition) is 5. The van der Waals surface area contributed by atoms with E-state index in [4.69, 9.17) is 0 Å². The number of benzene rings is 1. The molecule has 0 N–H and O–H groups in total. The Kier molecular flexibility index (Phi) is 3.80. The van der Waals surface area contributed by atoms with Crippen molar-refractivity contribution < 1.29 is 0 Å². The highest BCUT2D eigenvalue weighted by atomic mass is 15.3. The summed E-state index contributed by atoms with van der Waals surface area (Å²) < 4.78 is 1.81. The number of hydrogen-bond donors (Lipinski definition) is 0. The lowest BCUT2D eigenvalue weighted by molar-refractivity contribution is 0.651. The summed E-state index contributed by atoms with van der Waals surface area (Å²) in [6.45, 7) is 2.02. The normalized spacial score (nSPS) is 17.6. The quantitative estimate of drug-likeness (QED) is 0.738. The summed E-state index contributed by atoms with van der Waals surface area (Å²) in [4.78, 5) is 13.7. The first kappa shape index (κ1) is 14.9. The van der Waals surface area contributed by atoms with Gasteiger partial charge in [-0.3, -0.25) is 4.68 Å². The summed E-state index contributed by atoms with van der Waals surface area (Å²) >= 11 is 0. The summed E-state index contributed by atoms with van der Waals surface area (Å²) in [5.41, 5.74) is 2.14. The van der Waals surface area contributed by atoms with Crippen LogP contribution in [0.1, 0.15) is 12.8 Å². The Morgan fingerprint density at radius 3 is 2.88 bits per heavy atom. The van der Waals surface area contributed by atoms with Crippen molar-refractivity contribution in [3.8, 4) is 0 Å². The first-order valence-electron chi connectivity index (χ1n) is 8.39. The van der Waals surface area contributed by atoms with Gasteiger partial charge in [-0.15, -0.1) is 0 Å². The number of aromatic nitrogens is 4. The van der Waals surface area contributed by atoms with Crippen molar-refractivity contribution in [2.75, 3.05) is 29.9 Å². The van der Waals surface area contributed by atoms with Gasteiger partial charge in [0.05, 0.1) is 11.6 Å². The summed E-state index contributed by atoms with van der Waals surface area (Å²) in [5, 5.41) is 5.37. The lowest BCUT2D eigenvalue weighted by Gasteiger charge is -2.30. The molecule has 3 aromatic rings. The smallest absolute Gasteiger partial charge is 0.163 e. The molecule has 0 unspecified atom stereocenters. The van der Waals surface area contributed by atoms with E-state index < -0.39 is 0 Å². The number of aryl methyl sites for hydroxylation is 1. The fraction of sp³-hybridized carbons (Fsp3) is 0.389. The van der Waals surface area contributed by atoms with Crippen molar-refractivity contribution in [2.24, 2.45) is 7.05 Å². The zero-order valence-electron chi connectivity index (χ0n) is 14.1. The van der Waals surface area contributed by atoms with Crippen LogP contribution >= 0.6 is 0 Å². The van der Waals surface area contributed by atoms with Gasteiger partial charge in [-0.25, -0.2) is 9.97 Å². The number of likely N-dealkylation sites (N-methyl/N-ethyl adjacent to an activating group) is 1. The van der Waals surface area contributed by atoms with Gasteiger partial charge in [0, 0.05) is 38.9 Å². The Morgan fingerprint density at radius 1 is 1.21 bits per heavy atom. The number of anilines is 2. The second kappa shape index (κ2) is 6.11. The van der Waals surface area contributed by atoms with Crippen molar-refractivity contribution in [1.82, 2.24) is 19.7 Å². The molecule has 2 aromatic heterocycles. The van der Waals surface area contributed by atoms with E-state index in [1.165, 1.54) is 18.5 Å². The van der Waals surface area contributed by atoms with Gasteiger partial charge in [0.15, 0.2) is 5.65 Å². The zero-order chi connectivity index (χ0) is 16.5. The summed E-state index contributed by atoms with van der Waals surface area (Å²) in [6, 6.07) is 11.0. The van der Waals surface area contributed by atoms with Gasteiger partial charge in [-0.05, 0) is 25.0 Å². The fourth-order valence-corrected chi connectivity index (χ4v) is 3.59. The van der Waals surface area contributed by atoms with Gasteiger partial charge in [0.2, 0.25) is 0 Å².